The van der Waals surface area contributed by atoms with E-state index in [9.17, 15) is 19.2 Å². The average molecular weight is 409 g/mol. The summed E-state index contributed by atoms with van der Waals surface area (Å²) >= 11 is 0. The molecule has 2 N–H and O–H groups in total. The number of fused-ring (bicyclic) bond motifs is 1. The van der Waals surface area contributed by atoms with E-state index in [1.165, 1.54) is 0 Å². The third-order valence-corrected chi connectivity index (χ3v) is 4.55. The molecule has 0 atom stereocenters. The molecule has 8 nitrogen and oxygen atoms in total. The second kappa shape index (κ2) is 10.2. The highest BCUT2D eigenvalue weighted by Gasteiger charge is 2.34. The molecule has 0 bridgehead atoms. The van der Waals surface area contributed by atoms with E-state index in [0.29, 0.717) is 16.9 Å². The first-order valence-electron chi connectivity index (χ1n) is 9.72. The zero-order chi connectivity index (χ0) is 21.3. The number of hydrogen-bond acceptors (Lipinski definition) is 5. The van der Waals surface area contributed by atoms with Gasteiger partial charge in [-0.25, -0.2) is 0 Å². The summed E-state index contributed by atoms with van der Waals surface area (Å²) < 4.78 is 5.45. The fourth-order valence-electron chi connectivity index (χ4n) is 3.01. The van der Waals surface area contributed by atoms with Gasteiger partial charge in [-0.15, -0.1) is 0 Å². The first-order chi connectivity index (χ1) is 14.6. The molecule has 1 aliphatic rings. The van der Waals surface area contributed by atoms with Crippen LogP contribution in [0.2, 0.25) is 0 Å². The topological polar surface area (TPSA) is 105 Å². The van der Waals surface area contributed by atoms with Crippen molar-refractivity contribution < 1.29 is 23.9 Å². The Morgan fingerprint density at radius 2 is 1.30 bits per heavy atom. The van der Waals surface area contributed by atoms with Crippen molar-refractivity contribution in [3.63, 3.8) is 0 Å². The summed E-state index contributed by atoms with van der Waals surface area (Å²) in [5.41, 5.74) is 0.726. The van der Waals surface area contributed by atoms with Crippen LogP contribution in [0.15, 0.2) is 54.6 Å². The van der Waals surface area contributed by atoms with Crippen LogP contribution in [0.4, 0.5) is 0 Å². The van der Waals surface area contributed by atoms with Crippen molar-refractivity contribution in [2.45, 2.75) is 12.8 Å². The first-order valence-corrected chi connectivity index (χ1v) is 9.72. The number of carbonyl (C=O) groups is 4. The lowest BCUT2D eigenvalue weighted by Crippen LogP contribution is -2.37. The number of rotatable bonds is 10. The molecule has 1 heterocycles. The van der Waals surface area contributed by atoms with E-state index >= 15 is 0 Å². The summed E-state index contributed by atoms with van der Waals surface area (Å²) in [5, 5.41) is 5.36. The number of imide groups is 1. The summed E-state index contributed by atoms with van der Waals surface area (Å²) in [7, 11) is 0. The monoisotopic (exact) mass is 409 g/mol. The van der Waals surface area contributed by atoms with Gasteiger partial charge in [0.2, 0.25) is 11.8 Å². The molecule has 8 heteroatoms. The van der Waals surface area contributed by atoms with Crippen LogP contribution in [-0.4, -0.2) is 54.8 Å². The van der Waals surface area contributed by atoms with Gasteiger partial charge in [-0.05, 0) is 24.3 Å². The standard InChI is InChI=1S/C22H23N3O5/c26-19(10-14-25-21(28)17-8-4-5-9-18(17)22(25)29)23-12-13-24-20(27)11-15-30-16-6-2-1-3-7-16/h1-9H,10-15H2,(H,23,26)(H,24,27). The van der Waals surface area contributed by atoms with E-state index in [2.05, 4.69) is 10.6 Å². The molecule has 0 saturated heterocycles. The van der Waals surface area contributed by atoms with Gasteiger partial charge in [0.05, 0.1) is 24.2 Å². The number of hydrogen-bond donors (Lipinski definition) is 2. The second-order valence-electron chi connectivity index (χ2n) is 6.67. The van der Waals surface area contributed by atoms with Crippen molar-refractivity contribution >= 4 is 23.6 Å². The van der Waals surface area contributed by atoms with Crippen molar-refractivity contribution in [1.29, 1.82) is 0 Å². The van der Waals surface area contributed by atoms with Gasteiger partial charge >= 0.3 is 0 Å². The minimum Gasteiger partial charge on any atom is -0.493 e. The minimum absolute atomic E-state index is 0.00430. The van der Waals surface area contributed by atoms with Crippen molar-refractivity contribution in [3.8, 4) is 5.75 Å². The van der Waals surface area contributed by atoms with Crippen molar-refractivity contribution in [3.05, 3.63) is 65.7 Å². The fourth-order valence-corrected chi connectivity index (χ4v) is 3.01. The second-order valence-corrected chi connectivity index (χ2v) is 6.67. The summed E-state index contributed by atoms with van der Waals surface area (Å²) in [4.78, 5) is 49.3. The molecule has 30 heavy (non-hydrogen) atoms. The zero-order valence-corrected chi connectivity index (χ0v) is 16.4. The zero-order valence-electron chi connectivity index (χ0n) is 16.4. The molecule has 0 spiro atoms. The quantitative estimate of drug-likeness (QED) is 0.456. The van der Waals surface area contributed by atoms with E-state index < -0.39 is 0 Å². The third-order valence-electron chi connectivity index (χ3n) is 4.55. The van der Waals surface area contributed by atoms with Crippen LogP contribution in [0, 0.1) is 0 Å². The highest BCUT2D eigenvalue weighted by atomic mass is 16.5. The Bertz CT molecular complexity index is 894. The van der Waals surface area contributed by atoms with Gasteiger partial charge in [-0.2, -0.15) is 0 Å². The smallest absolute Gasteiger partial charge is 0.261 e. The van der Waals surface area contributed by atoms with Crippen LogP contribution in [0.5, 0.6) is 5.75 Å². The highest BCUT2D eigenvalue weighted by molar-refractivity contribution is 6.21. The normalized spacial score (nSPS) is 12.5. The number of ether oxygens (including phenoxy) is 1. The summed E-state index contributed by atoms with van der Waals surface area (Å²) in [6.07, 6.45) is 0.215. The molecule has 0 aliphatic carbocycles. The van der Waals surface area contributed by atoms with Gasteiger partial charge in [0.1, 0.15) is 5.75 Å². The maximum Gasteiger partial charge on any atom is 0.261 e. The molecule has 0 aromatic heterocycles. The Balaban J connectivity index is 1.28. The molecular weight excluding hydrogens is 386 g/mol. The largest absolute Gasteiger partial charge is 0.493 e. The van der Waals surface area contributed by atoms with E-state index in [4.69, 9.17) is 4.74 Å². The molecule has 0 radical (unpaired) electrons. The highest BCUT2D eigenvalue weighted by Crippen LogP contribution is 2.22. The SMILES string of the molecule is O=C(CCOc1ccccc1)NCCNC(=O)CCN1C(=O)c2ccccc2C1=O. The van der Waals surface area contributed by atoms with Crippen LogP contribution in [0.25, 0.3) is 0 Å². The maximum atomic E-state index is 12.2. The Kier molecular flexibility index (Phi) is 7.15. The van der Waals surface area contributed by atoms with Gasteiger partial charge in [-0.3, -0.25) is 24.1 Å². The van der Waals surface area contributed by atoms with Crippen LogP contribution < -0.4 is 15.4 Å². The van der Waals surface area contributed by atoms with Crippen LogP contribution in [0.1, 0.15) is 33.6 Å². The van der Waals surface area contributed by atoms with E-state index in [1.54, 1.807) is 24.3 Å². The molecule has 4 amide bonds. The number of amides is 4. The van der Waals surface area contributed by atoms with Gasteiger partial charge in [0.25, 0.3) is 11.8 Å². The molecule has 0 unspecified atom stereocenters. The number of carbonyl (C=O) groups excluding carboxylic acids is 4. The van der Waals surface area contributed by atoms with Gasteiger partial charge < -0.3 is 15.4 Å². The predicted octanol–water partition coefficient (Wildman–Crippen LogP) is 1.37. The van der Waals surface area contributed by atoms with E-state index in [-0.39, 0.29) is 62.7 Å². The van der Waals surface area contributed by atoms with Crippen molar-refractivity contribution in [2.75, 3.05) is 26.2 Å². The van der Waals surface area contributed by atoms with Crippen LogP contribution >= 0.6 is 0 Å². The number of nitrogens with one attached hydrogen (secondary N) is 2. The predicted molar refractivity (Wildman–Crippen MR) is 109 cm³/mol. The lowest BCUT2D eigenvalue weighted by Gasteiger charge is -2.13. The average Bonchev–Trinajstić information content (AvgIpc) is 3.01. The lowest BCUT2D eigenvalue weighted by atomic mass is 10.1. The van der Waals surface area contributed by atoms with Gasteiger partial charge in [0, 0.05) is 26.1 Å². The molecule has 1 aliphatic heterocycles. The summed E-state index contributed by atoms with van der Waals surface area (Å²) in [6.45, 7) is 0.818. The van der Waals surface area contributed by atoms with Crippen LogP contribution in [-0.2, 0) is 9.59 Å². The van der Waals surface area contributed by atoms with Crippen LogP contribution in [0.3, 0.4) is 0 Å². The molecule has 0 saturated carbocycles. The molecule has 3 rings (SSSR count). The number of nitrogens with zero attached hydrogens (tertiary/aromatic N) is 1. The summed E-state index contributed by atoms with van der Waals surface area (Å²) in [6, 6.07) is 15.8. The Hall–Kier alpha value is -3.68. The van der Waals surface area contributed by atoms with E-state index in [1.807, 2.05) is 30.3 Å². The van der Waals surface area contributed by atoms with Crippen molar-refractivity contribution in [1.82, 2.24) is 15.5 Å². The molecule has 156 valence electrons. The number of para-hydroxylation sites is 1. The fraction of sp³-hybridized carbons (Fsp3) is 0.273. The maximum absolute atomic E-state index is 12.2. The summed E-state index contributed by atoms with van der Waals surface area (Å²) in [5.74, 6) is -0.531. The number of benzene rings is 2. The van der Waals surface area contributed by atoms with E-state index in [0.717, 1.165) is 4.90 Å². The Morgan fingerprint density at radius 3 is 1.90 bits per heavy atom. The first kappa shape index (κ1) is 21.0. The van der Waals surface area contributed by atoms with Gasteiger partial charge in [-0.1, -0.05) is 30.3 Å². The molecule has 2 aromatic carbocycles. The molecule has 0 fully saturated rings. The minimum atomic E-state index is -0.381. The Morgan fingerprint density at radius 1 is 0.767 bits per heavy atom. The molecule has 2 aromatic rings. The van der Waals surface area contributed by atoms with Crippen molar-refractivity contribution in [2.24, 2.45) is 0 Å². The lowest BCUT2D eigenvalue weighted by molar-refractivity contribution is -0.123. The third kappa shape index (κ3) is 5.44. The molecular formula is C22H23N3O5. The van der Waals surface area contributed by atoms with Gasteiger partial charge in [0.15, 0.2) is 0 Å². The Labute approximate surface area is 174 Å².